The van der Waals surface area contributed by atoms with Crippen LogP contribution in [0.4, 0.5) is 4.39 Å². The molecule has 0 aliphatic rings. The number of halogens is 3. The molecule has 0 radical (unpaired) electrons. The van der Waals surface area contributed by atoms with Crippen LogP contribution in [0.3, 0.4) is 0 Å². The summed E-state index contributed by atoms with van der Waals surface area (Å²) >= 11 is 12.0. The normalized spacial score (nSPS) is 12.2. The largest absolute Gasteiger partial charge is 0.481 e. The predicted molar refractivity (Wildman–Crippen MR) is 81.7 cm³/mol. The average molecular weight is 327 g/mol. The van der Waals surface area contributed by atoms with Crippen LogP contribution in [0.1, 0.15) is 22.6 Å². The molecular weight excluding hydrogens is 314 g/mol. The van der Waals surface area contributed by atoms with Crippen molar-refractivity contribution < 1.29 is 14.3 Å². The highest BCUT2D eigenvalue weighted by Crippen LogP contribution is 2.29. The summed E-state index contributed by atoms with van der Waals surface area (Å²) < 4.78 is 13.8. The van der Waals surface area contributed by atoms with E-state index in [-0.39, 0.29) is 17.0 Å². The Balaban J connectivity index is 2.40. The van der Waals surface area contributed by atoms with E-state index in [0.717, 1.165) is 5.56 Å². The van der Waals surface area contributed by atoms with Crippen molar-refractivity contribution in [2.24, 2.45) is 0 Å². The highest BCUT2D eigenvalue weighted by atomic mass is 35.5. The lowest BCUT2D eigenvalue weighted by Gasteiger charge is -2.15. The molecule has 0 heterocycles. The van der Waals surface area contributed by atoms with Gasteiger partial charge in [-0.25, -0.2) is 4.39 Å². The molecule has 0 spiro atoms. The second-order valence-electron chi connectivity index (χ2n) is 4.80. The Morgan fingerprint density at radius 2 is 1.95 bits per heavy atom. The summed E-state index contributed by atoms with van der Waals surface area (Å²) in [5.74, 6) is -2.46. The number of benzene rings is 2. The molecule has 1 N–H and O–H groups in total. The van der Waals surface area contributed by atoms with Gasteiger partial charge in [-0.3, -0.25) is 4.79 Å². The molecule has 2 aromatic carbocycles. The van der Waals surface area contributed by atoms with Crippen LogP contribution >= 0.6 is 23.2 Å². The molecule has 1 atom stereocenters. The van der Waals surface area contributed by atoms with Gasteiger partial charge in [-0.1, -0.05) is 41.4 Å². The lowest BCUT2D eigenvalue weighted by molar-refractivity contribution is -0.138. The summed E-state index contributed by atoms with van der Waals surface area (Å²) in [6.07, 6.45) is -0.0275. The van der Waals surface area contributed by atoms with E-state index in [1.165, 1.54) is 12.1 Å². The van der Waals surface area contributed by atoms with Gasteiger partial charge < -0.3 is 5.11 Å². The summed E-state index contributed by atoms with van der Waals surface area (Å²) in [5, 5.41) is 10.1. The molecule has 21 heavy (non-hydrogen) atoms. The van der Waals surface area contributed by atoms with Crippen LogP contribution in [0.5, 0.6) is 0 Å². The number of carboxylic acids is 1. The minimum Gasteiger partial charge on any atom is -0.481 e. The van der Waals surface area contributed by atoms with Crippen molar-refractivity contribution in [3.63, 3.8) is 0 Å². The van der Waals surface area contributed by atoms with Gasteiger partial charge in [-0.2, -0.15) is 0 Å². The fraction of sp³-hybridized carbons (Fsp3) is 0.188. The maximum Gasteiger partial charge on any atom is 0.311 e. The first-order chi connectivity index (χ1) is 9.90. The first-order valence-corrected chi connectivity index (χ1v) is 7.07. The summed E-state index contributed by atoms with van der Waals surface area (Å²) in [6.45, 7) is 1.83. The van der Waals surface area contributed by atoms with Crippen LogP contribution in [-0.4, -0.2) is 11.1 Å². The number of aliphatic carboxylic acids is 1. The average Bonchev–Trinajstić information content (AvgIpc) is 2.41. The third-order valence-electron chi connectivity index (χ3n) is 3.37. The monoisotopic (exact) mass is 326 g/mol. The van der Waals surface area contributed by atoms with Crippen LogP contribution in [0, 0.1) is 12.7 Å². The molecule has 2 aromatic rings. The van der Waals surface area contributed by atoms with E-state index in [2.05, 4.69) is 0 Å². The number of carboxylic acid groups (broad SMARTS) is 1. The standard InChI is InChI=1S/C16H13Cl2FO2/c1-9-5-6-10(7-14(9)18)11(16(20)21)8-12-13(17)3-2-4-15(12)19/h2-7,11H,8H2,1H3,(H,20,21). The minimum atomic E-state index is -1.05. The summed E-state index contributed by atoms with van der Waals surface area (Å²) in [7, 11) is 0. The zero-order chi connectivity index (χ0) is 15.6. The first kappa shape index (κ1) is 15.8. The topological polar surface area (TPSA) is 37.3 Å². The quantitative estimate of drug-likeness (QED) is 0.871. The Labute approximate surface area is 132 Å². The van der Waals surface area contributed by atoms with Crippen LogP contribution in [-0.2, 0) is 11.2 Å². The van der Waals surface area contributed by atoms with Gasteiger partial charge in [0.2, 0.25) is 0 Å². The van der Waals surface area contributed by atoms with Crippen molar-refractivity contribution in [3.8, 4) is 0 Å². The Kier molecular flexibility index (Phi) is 4.86. The molecule has 0 aliphatic carbocycles. The van der Waals surface area contributed by atoms with E-state index in [1.807, 2.05) is 6.92 Å². The van der Waals surface area contributed by atoms with Crippen molar-refractivity contribution in [2.75, 3.05) is 0 Å². The summed E-state index contributed by atoms with van der Waals surface area (Å²) in [6, 6.07) is 9.33. The Bertz CT molecular complexity index is 666. The lowest BCUT2D eigenvalue weighted by atomic mass is 9.91. The third kappa shape index (κ3) is 3.55. The van der Waals surface area contributed by atoms with Gasteiger partial charge in [-0.05, 0) is 42.7 Å². The van der Waals surface area contributed by atoms with Gasteiger partial charge in [0.1, 0.15) is 5.82 Å². The van der Waals surface area contributed by atoms with Crippen molar-refractivity contribution in [2.45, 2.75) is 19.3 Å². The van der Waals surface area contributed by atoms with Crippen LogP contribution < -0.4 is 0 Å². The Morgan fingerprint density at radius 3 is 2.52 bits per heavy atom. The molecule has 110 valence electrons. The number of hydrogen-bond donors (Lipinski definition) is 1. The van der Waals surface area contributed by atoms with E-state index in [0.29, 0.717) is 10.6 Å². The second kappa shape index (κ2) is 6.46. The van der Waals surface area contributed by atoms with Gasteiger partial charge in [0.15, 0.2) is 0 Å². The van der Waals surface area contributed by atoms with Crippen molar-refractivity contribution in [1.82, 2.24) is 0 Å². The second-order valence-corrected chi connectivity index (χ2v) is 5.62. The molecule has 2 nitrogen and oxygen atoms in total. The van der Waals surface area contributed by atoms with Gasteiger partial charge in [0.25, 0.3) is 0 Å². The van der Waals surface area contributed by atoms with Crippen molar-refractivity contribution in [3.05, 3.63) is 69.0 Å². The van der Waals surface area contributed by atoms with E-state index < -0.39 is 17.7 Å². The van der Waals surface area contributed by atoms with Gasteiger partial charge in [0, 0.05) is 15.6 Å². The minimum absolute atomic E-state index is 0.0275. The predicted octanol–water partition coefficient (Wildman–Crippen LogP) is 4.85. The molecule has 0 amide bonds. The first-order valence-electron chi connectivity index (χ1n) is 6.32. The smallest absolute Gasteiger partial charge is 0.311 e. The maximum absolute atomic E-state index is 13.8. The Morgan fingerprint density at radius 1 is 1.24 bits per heavy atom. The number of carbonyl (C=O) groups is 1. The molecule has 0 saturated heterocycles. The SMILES string of the molecule is Cc1ccc(C(Cc2c(F)cccc2Cl)C(=O)O)cc1Cl. The molecule has 5 heteroatoms. The highest BCUT2D eigenvalue weighted by Gasteiger charge is 2.23. The fourth-order valence-electron chi connectivity index (χ4n) is 2.11. The van der Waals surface area contributed by atoms with E-state index >= 15 is 0 Å². The fourth-order valence-corrected chi connectivity index (χ4v) is 2.53. The Hall–Kier alpha value is -1.58. The van der Waals surface area contributed by atoms with Crippen LogP contribution in [0.15, 0.2) is 36.4 Å². The van der Waals surface area contributed by atoms with E-state index in [9.17, 15) is 14.3 Å². The zero-order valence-corrected chi connectivity index (χ0v) is 12.7. The molecule has 0 fully saturated rings. The molecule has 0 aliphatic heterocycles. The third-order valence-corrected chi connectivity index (χ3v) is 4.13. The number of aryl methyl sites for hydroxylation is 1. The number of rotatable bonds is 4. The zero-order valence-electron chi connectivity index (χ0n) is 11.2. The molecule has 0 saturated carbocycles. The lowest BCUT2D eigenvalue weighted by Crippen LogP contribution is -2.15. The van der Waals surface area contributed by atoms with E-state index in [1.54, 1.807) is 24.3 Å². The van der Waals surface area contributed by atoms with Crippen molar-refractivity contribution in [1.29, 1.82) is 0 Å². The van der Waals surface area contributed by atoms with Gasteiger partial charge in [0.05, 0.1) is 5.92 Å². The van der Waals surface area contributed by atoms with Crippen LogP contribution in [0.2, 0.25) is 10.0 Å². The molecule has 2 rings (SSSR count). The summed E-state index contributed by atoms with van der Waals surface area (Å²) in [4.78, 5) is 11.5. The molecule has 0 aromatic heterocycles. The molecule has 1 unspecified atom stereocenters. The van der Waals surface area contributed by atoms with Gasteiger partial charge >= 0.3 is 5.97 Å². The van der Waals surface area contributed by atoms with E-state index in [4.69, 9.17) is 23.2 Å². The summed E-state index contributed by atoms with van der Waals surface area (Å²) in [5.41, 5.74) is 1.58. The van der Waals surface area contributed by atoms with Crippen LogP contribution in [0.25, 0.3) is 0 Å². The van der Waals surface area contributed by atoms with Crippen molar-refractivity contribution >= 4 is 29.2 Å². The molecule has 0 bridgehead atoms. The number of hydrogen-bond acceptors (Lipinski definition) is 1. The maximum atomic E-state index is 13.8. The van der Waals surface area contributed by atoms with Gasteiger partial charge in [-0.15, -0.1) is 0 Å². The highest BCUT2D eigenvalue weighted by molar-refractivity contribution is 6.31. The molecular formula is C16H13Cl2FO2.